The van der Waals surface area contributed by atoms with Crippen LogP contribution in [0.25, 0.3) is 21.6 Å². The summed E-state index contributed by atoms with van der Waals surface area (Å²) in [6.45, 7) is 5.32. The molecule has 0 saturated heterocycles. The van der Waals surface area contributed by atoms with E-state index in [1.54, 1.807) is 38.1 Å². The van der Waals surface area contributed by atoms with Crippen molar-refractivity contribution >= 4 is 32.7 Å². The molecule has 4 rings (SSSR count). The zero-order chi connectivity index (χ0) is 19.9. The van der Waals surface area contributed by atoms with E-state index in [1.807, 2.05) is 25.3 Å². The van der Waals surface area contributed by atoms with Crippen LogP contribution in [0, 0.1) is 6.92 Å². The molecule has 0 aliphatic rings. The molecule has 3 N–H and O–H groups in total. The van der Waals surface area contributed by atoms with E-state index in [-0.39, 0.29) is 5.91 Å². The molecule has 3 heterocycles. The summed E-state index contributed by atoms with van der Waals surface area (Å²) in [6, 6.07) is 10.6. The fourth-order valence-electron chi connectivity index (χ4n) is 2.84. The molecular weight excluding hydrogens is 374 g/mol. The molecule has 0 fully saturated rings. The minimum atomic E-state index is -0.946. The van der Waals surface area contributed by atoms with Crippen LogP contribution in [0.5, 0.6) is 0 Å². The number of nitrogens with one attached hydrogen (secondary N) is 2. The summed E-state index contributed by atoms with van der Waals surface area (Å²) >= 11 is 1.32. The number of anilines is 1. The number of aliphatic hydroxyl groups is 1. The predicted octanol–water partition coefficient (Wildman–Crippen LogP) is 3.87. The highest BCUT2D eigenvalue weighted by Gasteiger charge is 2.17. The molecule has 0 atom stereocenters. The molecule has 28 heavy (non-hydrogen) atoms. The summed E-state index contributed by atoms with van der Waals surface area (Å²) in [5, 5.41) is 20.3. The van der Waals surface area contributed by atoms with Gasteiger partial charge in [-0.15, -0.1) is 0 Å². The highest BCUT2D eigenvalue weighted by atomic mass is 32.1. The second-order valence-corrected chi connectivity index (χ2v) is 7.99. The van der Waals surface area contributed by atoms with Crippen LogP contribution in [0.4, 0.5) is 5.13 Å². The fourth-order valence-corrected chi connectivity index (χ4v) is 3.67. The van der Waals surface area contributed by atoms with Gasteiger partial charge in [-0.1, -0.05) is 23.5 Å². The largest absolute Gasteiger partial charge is 0.386 e. The number of benzene rings is 1. The lowest BCUT2D eigenvalue weighted by molar-refractivity contribution is 0.0785. The molecule has 4 aromatic rings. The summed E-state index contributed by atoms with van der Waals surface area (Å²) in [5.41, 5.74) is 3.64. The Morgan fingerprint density at radius 2 is 1.89 bits per heavy atom. The highest BCUT2D eigenvalue weighted by molar-refractivity contribution is 7.22. The third-order valence-electron chi connectivity index (χ3n) is 4.44. The van der Waals surface area contributed by atoms with Crippen LogP contribution in [0.2, 0.25) is 0 Å². The Kier molecular flexibility index (Phi) is 4.44. The number of aromatic nitrogens is 4. The zero-order valence-corrected chi connectivity index (χ0v) is 16.5. The van der Waals surface area contributed by atoms with Gasteiger partial charge in [0.25, 0.3) is 5.91 Å². The van der Waals surface area contributed by atoms with Crippen molar-refractivity contribution in [3.05, 3.63) is 59.4 Å². The van der Waals surface area contributed by atoms with Crippen molar-refractivity contribution in [1.82, 2.24) is 20.2 Å². The van der Waals surface area contributed by atoms with Crippen molar-refractivity contribution in [2.45, 2.75) is 26.4 Å². The van der Waals surface area contributed by atoms with Crippen LogP contribution >= 0.6 is 11.3 Å². The first kappa shape index (κ1) is 18.3. The number of fused-ring (bicyclic) bond motifs is 1. The van der Waals surface area contributed by atoms with Crippen molar-refractivity contribution in [1.29, 1.82) is 0 Å². The smallest absolute Gasteiger partial charge is 0.257 e. The maximum absolute atomic E-state index is 12.5. The third kappa shape index (κ3) is 3.51. The van der Waals surface area contributed by atoms with Gasteiger partial charge < -0.3 is 5.11 Å². The normalized spacial score (nSPS) is 11.7. The molecule has 3 aromatic heterocycles. The van der Waals surface area contributed by atoms with Gasteiger partial charge >= 0.3 is 0 Å². The van der Waals surface area contributed by atoms with E-state index >= 15 is 0 Å². The Morgan fingerprint density at radius 1 is 1.14 bits per heavy atom. The number of carbonyl (C=O) groups is 1. The number of nitrogens with zero attached hydrogens (tertiary/aromatic N) is 3. The van der Waals surface area contributed by atoms with Gasteiger partial charge in [0.15, 0.2) is 5.13 Å². The predicted molar refractivity (Wildman–Crippen MR) is 109 cm³/mol. The maximum Gasteiger partial charge on any atom is 0.257 e. The first-order valence-electron chi connectivity index (χ1n) is 8.74. The molecular formula is C20H19N5O2S. The minimum absolute atomic E-state index is 0.257. The van der Waals surface area contributed by atoms with Gasteiger partial charge in [0.2, 0.25) is 0 Å². The number of pyridine rings is 1. The Bertz CT molecular complexity index is 1160. The molecule has 142 valence electrons. The van der Waals surface area contributed by atoms with Gasteiger partial charge in [-0.2, -0.15) is 5.10 Å². The van der Waals surface area contributed by atoms with Crippen molar-refractivity contribution in [3.8, 4) is 11.3 Å². The van der Waals surface area contributed by atoms with E-state index in [9.17, 15) is 9.90 Å². The Labute approximate surface area is 165 Å². The van der Waals surface area contributed by atoms with Crippen molar-refractivity contribution in [2.75, 3.05) is 5.32 Å². The maximum atomic E-state index is 12.5. The molecule has 0 aliphatic heterocycles. The fraction of sp³-hybridized carbons (Fsp3) is 0.200. The van der Waals surface area contributed by atoms with Crippen LogP contribution in [-0.4, -0.2) is 31.2 Å². The van der Waals surface area contributed by atoms with Crippen LogP contribution in [-0.2, 0) is 5.60 Å². The van der Waals surface area contributed by atoms with Crippen LogP contribution < -0.4 is 5.32 Å². The van der Waals surface area contributed by atoms with E-state index in [4.69, 9.17) is 0 Å². The average molecular weight is 393 g/mol. The van der Waals surface area contributed by atoms with Gasteiger partial charge in [-0.25, -0.2) is 9.97 Å². The number of amides is 1. The molecule has 1 aromatic carbocycles. The summed E-state index contributed by atoms with van der Waals surface area (Å²) in [4.78, 5) is 22.3. The standard InChI is InChI=1S/C20H19N5O2S/c1-11-14(10-21-25-11)15-8-9-16-18(22-15)28-19(23-16)24-17(26)12-4-6-13(7-5-12)20(2,3)27/h4-10,27H,1-3H3,(H,21,25)(H,23,24,26). The summed E-state index contributed by atoms with van der Waals surface area (Å²) in [7, 11) is 0. The second-order valence-electron chi connectivity index (χ2n) is 7.01. The second kappa shape index (κ2) is 6.81. The van der Waals surface area contributed by atoms with Crippen LogP contribution in [0.1, 0.15) is 35.5 Å². The zero-order valence-electron chi connectivity index (χ0n) is 15.6. The van der Waals surface area contributed by atoms with Crippen molar-refractivity contribution in [2.24, 2.45) is 0 Å². The number of rotatable bonds is 4. The minimum Gasteiger partial charge on any atom is -0.386 e. The molecule has 0 unspecified atom stereocenters. The molecule has 0 saturated carbocycles. The van der Waals surface area contributed by atoms with Gasteiger partial charge in [0, 0.05) is 17.3 Å². The topological polar surface area (TPSA) is 104 Å². The van der Waals surface area contributed by atoms with E-state index in [1.165, 1.54) is 11.3 Å². The van der Waals surface area contributed by atoms with Crippen molar-refractivity contribution < 1.29 is 9.90 Å². The molecule has 1 amide bonds. The average Bonchev–Trinajstić information content (AvgIpc) is 3.25. The number of carbonyl (C=O) groups excluding carboxylic acids is 1. The van der Waals surface area contributed by atoms with Crippen molar-refractivity contribution in [3.63, 3.8) is 0 Å². The van der Waals surface area contributed by atoms with Gasteiger partial charge in [0.1, 0.15) is 10.3 Å². The number of aryl methyl sites for hydroxylation is 1. The molecule has 0 bridgehead atoms. The Hall–Kier alpha value is -3.10. The van der Waals surface area contributed by atoms with Crippen LogP contribution in [0.3, 0.4) is 0 Å². The highest BCUT2D eigenvalue weighted by Crippen LogP contribution is 2.28. The monoisotopic (exact) mass is 393 g/mol. The first-order valence-corrected chi connectivity index (χ1v) is 9.55. The Balaban J connectivity index is 1.56. The first-order chi connectivity index (χ1) is 13.3. The molecule has 0 radical (unpaired) electrons. The quantitative estimate of drug-likeness (QED) is 0.488. The van der Waals surface area contributed by atoms with E-state index in [2.05, 4.69) is 25.5 Å². The number of H-pyrrole nitrogens is 1. The number of aromatic amines is 1. The van der Waals surface area contributed by atoms with Gasteiger partial charge in [-0.05, 0) is 50.6 Å². The van der Waals surface area contributed by atoms with Gasteiger partial charge in [0.05, 0.1) is 17.0 Å². The molecule has 0 spiro atoms. The van der Waals surface area contributed by atoms with Gasteiger partial charge in [-0.3, -0.25) is 15.2 Å². The number of hydrogen-bond donors (Lipinski definition) is 3. The van der Waals surface area contributed by atoms with E-state index in [0.717, 1.165) is 32.9 Å². The SMILES string of the molecule is Cc1n[nH]cc1-c1ccc2nc(NC(=O)c3ccc(C(C)(C)O)cc3)sc2n1. The third-order valence-corrected chi connectivity index (χ3v) is 5.32. The van der Waals surface area contributed by atoms with E-state index < -0.39 is 5.60 Å². The summed E-state index contributed by atoms with van der Waals surface area (Å²) in [5.74, 6) is -0.257. The molecule has 0 aliphatic carbocycles. The summed E-state index contributed by atoms with van der Waals surface area (Å²) < 4.78 is 0. The number of hydrogen-bond acceptors (Lipinski definition) is 6. The molecule has 8 heteroatoms. The Morgan fingerprint density at radius 3 is 2.54 bits per heavy atom. The van der Waals surface area contributed by atoms with Crippen LogP contribution in [0.15, 0.2) is 42.6 Å². The lowest BCUT2D eigenvalue weighted by Gasteiger charge is -2.17. The lowest BCUT2D eigenvalue weighted by atomic mass is 9.97. The summed E-state index contributed by atoms with van der Waals surface area (Å²) in [6.07, 6.45) is 1.81. The number of thiazole rings is 1. The molecule has 7 nitrogen and oxygen atoms in total. The lowest BCUT2D eigenvalue weighted by Crippen LogP contribution is -2.16. The van der Waals surface area contributed by atoms with E-state index in [0.29, 0.717) is 10.7 Å².